The summed E-state index contributed by atoms with van der Waals surface area (Å²) in [5, 5.41) is 42.6. The van der Waals surface area contributed by atoms with Crippen LogP contribution in [0.2, 0.25) is 0 Å². The number of anilines is 6. The molecule has 6 rings (SSSR count). The van der Waals surface area contributed by atoms with Crippen molar-refractivity contribution in [3.63, 3.8) is 0 Å². The van der Waals surface area contributed by atoms with Gasteiger partial charge in [0, 0.05) is 22.4 Å². The van der Waals surface area contributed by atoms with E-state index in [0.29, 0.717) is 17.4 Å². The van der Waals surface area contributed by atoms with E-state index < -0.39 is 85.4 Å². The molecular formula is C34H28I2N8Na4O16S5. The molecule has 0 atom stereocenters. The number of alkyl halides is 1. The summed E-state index contributed by atoms with van der Waals surface area (Å²) in [6.45, 7) is -0.903. The van der Waals surface area contributed by atoms with Crippen LogP contribution in [-0.4, -0.2) is 85.3 Å². The van der Waals surface area contributed by atoms with Crippen LogP contribution in [0.15, 0.2) is 127 Å². The summed E-state index contributed by atoms with van der Waals surface area (Å²) in [5.41, 5.74) is 0.203. The second-order valence-corrected chi connectivity index (χ2v) is 25.2. The zero-order valence-electron chi connectivity index (χ0n) is 37.3. The van der Waals surface area contributed by atoms with Crippen LogP contribution in [0, 0.1) is 0 Å². The van der Waals surface area contributed by atoms with Crippen molar-refractivity contribution in [2.24, 2.45) is 10.2 Å². The van der Waals surface area contributed by atoms with Gasteiger partial charge in [-0.3, -0.25) is 9.22 Å². The molecule has 69 heavy (non-hydrogen) atoms. The molecular weight excluding hydrogens is 1280 g/mol. The van der Waals surface area contributed by atoms with Gasteiger partial charge in [-0.25, -0.2) is 33.7 Å². The molecule has 6 aromatic rings. The Hall–Kier alpha value is -0.500. The first kappa shape index (κ1) is 64.6. The van der Waals surface area contributed by atoms with Gasteiger partial charge >= 0.3 is 159 Å². The van der Waals surface area contributed by atoms with Crippen molar-refractivity contribution in [3.8, 4) is 5.75 Å². The number of benzene rings is 5. The van der Waals surface area contributed by atoms with Gasteiger partial charge in [-0.1, -0.05) is 18.2 Å². The molecule has 0 aliphatic rings. The van der Waals surface area contributed by atoms with E-state index >= 15 is 0 Å². The Labute approximate surface area is 508 Å². The summed E-state index contributed by atoms with van der Waals surface area (Å²) < 4.78 is 142. The summed E-state index contributed by atoms with van der Waals surface area (Å²) in [6.07, 6.45) is 0. The van der Waals surface area contributed by atoms with Crippen LogP contribution in [-0.2, 0) is 54.0 Å². The smallest absolute Gasteiger partial charge is 1.00 e. The third kappa shape index (κ3) is 21.0. The second-order valence-electron chi connectivity index (χ2n) is 12.3. The molecule has 5 aromatic carbocycles. The number of fused-ring (bicyclic) bond motifs is 1. The first-order valence-corrected chi connectivity index (χ1v) is 32.1. The van der Waals surface area contributed by atoms with Gasteiger partial charge in [-0.2, -0.15) is 24.4 Å². The SMILES string of the molecule is O=S(=O)([O-])OCCS(=O)(=O)c1ccc(N=Nc2c(SOO[O-])cc3ccc(Nc4nc(Nc5cccc(S(=O)(=O)[O-])c5)nc(Nc5cccc(S(=O)(=O)[O-])c5)n4)cc3c2O)cc1.[3H]I(C)I.[Na+].[Na+].[Na+].[Na+]. The standard InChI is InChI=1S/C33H28N8O16S5.CH4I2.4Na/c42-30-27-18-23(8-7-19(27)15-28(58-57-56-43)29(30)41-40-20-9-11-24(12-10-20)59(44,45)14-13-55-62(52,53)54)36-33-38-31(34-21-3-1-5-25(16-21)60(46,47)48)37-32(39-33)35-22-4-2-6-26(17-22)61(49,50)51;1-3-2;;;;/h1-12,15-18,42-43H,13-14H2,(H,46,47,48)(H,49,50,51)(H,52,53,54)(H3,34,35,36,37,38,39);3H,1H3;;;;/q;;4*+1/p-4/i;3T;;;;. The maximum atomic E-state index is 12.5. The molecule has 0 spiro atoms. The summed E-state index contributed by atoms with van der Waals surface area (Å²) in [6, 6.07) is 20.3. The number of aromatic nitrogens is 3. The third-order valence-corrected chi connectivity index (χ3v) is 12.3. The van der Waals surface area contributed by atoms with Crippen molar-refractivity contribution < 1.29 is 189 Å². The van der Waals surface area contributed by atoms with Crippen molar-refractivity contribution in [2.75, 3.05) is 33.2 Å². The molecule has 348 valence electrons. The Bertz CT molecular complexity index is 3140. The number of nitrogens with one attached hydrogen (secondary N) is 3. The van der Waals surface area contributed by atoms with Crippen LogP contribution in [0.25, 0.3) is 10.8 Å². The Morgan fingerprint density at radius 3 is 1.64 bits per heavy atom. The third-order valence-electron chi connectivity index (χ3n) is 7.89. The fourth-order valence-electron chi connectivity index (χ4n) is 5.21. The van der Waals surface area contributed by atoms with Gasteiger partial charge in [-0.05, 0) is 84.2 Å². The minimum atomic E-state index is -5.10. The number of phenols is 1. The molecule has 0 radical (unpaired) electrons. The molecule has 0 aliphatic carbocycles. The van der Waals surface area contributed by atoms with Gasteiger partial charge in [0.15, 0.2) is 15.6 Å². The Morgan fingerprint density at radius 2 is 1.19 bits per heavy atom. The number of hydrogen-bond acceptors (Lipinski definition) is 25. The van der Waals surface area contributed by atoms with E-state index in [2.05, 4.69) is 73.3 Å². The Morgan fingerprint density at radius 1 is 0.710 bits per heavy atom. The van der Waals surface area contributed by atoms with E-state index in [1.807, 2.05) is 4.93 Å². The first-order valence-electron chi connectivity index (χ1n) is 17.5. The molecule has 0 amide bonds. The zero-order chi connectivity index (χ0) is 48.5. The minimum Gasteiger partial charge on any atom is 1.00 e. The molecule has 0 saturated carbocycles. The van der Waals surface area contributed by atoms with E-state index in [1.165, 1.54) is 60.7 Å². The molecule has 0 saturated heterocycles. The molecule has 0 bridgehead atoms. The predicted molar refractivity (Wildman–Crippen MR) is 246 cm³/mol. The van der Waals surface area contributed by atoms with Crippen LogP contribution >= 0.6 is 47.7 Å². The van der Waals surface area contributed by atoms with Crippen molar-refractivity contribution in [1.29, 1.82) is 0.594 Å². The van der Waals surface area contributed by atoms with Crippen molar-refractivity contribution >= 4 is 145 Å². The number of sulfone groups is 1. The number of rotatable bonds is 18. The van der Waals surface area contributed by atoms with Crippen molar-refractivity contribution in [2.45, 2.75) is 19.6 Å². The van der Waals surface area contributed by atoms with E-state index in [0.717, 1.165) is 36.4 Å². The molecule has 24 nitrogen and oxygen atoms in total. The zero-order valence-corrected chi connectivity index (χ0v) is 52.7. The van der Waals surface area contributed by atoms with Crippen LogP contribution in [0.3, 0.4) is 0 Å². The number of azo groups is 1. The van der Waals surface area contributed by atoms with Crippen LogP contribution < -0.4 is 139 Å². The normalized spacial score (nSPS) is 11.9. The second kappa shape index (κ2) is 30.2. The number of aromatic hydroxyl groups is 1. The number of nitrogens with zero attached hydrogens (tertiary/aromatic N) is 5. The van der Waals surface area contributed by atoms with E-state index in [-0.39, 0.29) is 180 Å². The van der Waals surface area contributed by atoms with Gasteiger partial charge in [0.25, 0.3) is 0 Å². The predicted octanol–water partition coefficient (Wildman–Crippen LogP) is -6.65. The first-order chi connectivity index (χ1) is 30.9. The molecule has 1 heterocycles. The molecule has 35 heteroatoms. The maximum absolute atomic E-state index is 12.5. The topological polar surface area (TPSA) is 376 Å². The average molecular weight is 1310 g/mol. The molecule has 4 N–H and O–H groups in total. The van der Waals surface area contributed by atoms with Gasteiger partial charge < -0.3 is 40.0 Å². The van der Waals surface area contributed by atoms with E-state index in [9.17, 15) is 57.7 Å². The Balaban J connectivity index is 0.00000295. The molecule has 0 fully saturated rings. The monoisotopic (exact) mass is 1310 g/mol. The fourth-order valence-corrected chi connectivity index (χ4v) is 8.22. The van der Waals surface area contributed by atoms with Crippen molar-refractivity contribution in [1.82, 2.24) is 15.0 Å². The number of phenolic OH excluding ortho intramolecular Hbond substituents is 1. The van der Waals surface area contributed by atoms with E-state index in [1.54, 1.807) is 0 Å². The summed E-state index contributed by atoms with van der Waals surface area (Å²) in [5.74, 6) is -1.95. The minimum absolute atomic E-state index is 0. The van der Waals surface area contributed by atoms with Crippen LogP contribution in [0.5, 0.6) is 5.75 Å². The fraction of sp³-hybridized carbons (Fsp3) is 0.0882. The number of hydrogen-bond donors (Lipinski definition) is 4. The molecule has 0 aliphatic heterocycles. The largest absolute Gasteiger partial charge is 1.00 e. The maximum Gasteiger partial charge on any atom is 1.00 e. The number of halogens is 2. The quantitative estimate of drug-likeness (QED) is 0.00715. The molecule has 1 aromatic heterocycles. The average Bonchev–Trinajstić information content (AvgIpc) is 3.22. The van der Waals surface area contributed by atoms with Gasteiger partial charge in [0.2, 0.25) is 28.2 Å². The summed E-state index contributed by atoms with van der Waals surface area (Å²) in [4.78, 5) is 13.5. The van der Waals surface area contributed by atoms with E-state index in [4.69, 9.17) is 0.594 Å². The Kier molecular flexibility index (Phi) is 28.2. The van der Waals surface area contributed by atoms with Gasteiger partial charge in [0.1, 0.15) is 25.9 Å². The van der Waals surface area contributed by atoms with Gasteiger partial charge in [0.05, 0.1) is 49.7 Å². The summed E-state index contributed by atoms with van der Waals surface area (Å²) >= 11 is 1.50. The van der Waals surface area contributed by atoms with Crippen LogP contribution in [0.1, 0.15) is 0 Å². The van der Waals surface area contributed by atoms with Crippen molar-refractivity contribution in [3.05, 3.63) is 97.1 Å². The molecule has 0 unspecified atom stereocenters. The summed E-state index contributed by atoms with van der Waals surface area (Å²) in [7, 11) is -18.9. The van der Waals surface area contributed by atoms with Crippen LogP contribution in [0.4, 0.5) is 46.3 Å². The van der Waals surface area contributed by atoms with Gasteiger partial charge in [-0.15, -0.1) is 5.11 Å².